The summed E-state index contributed by atoms with van der Waals surface area (Å²) >= 11 is 0. The minimum atomic E-state index is -4.71. The van der Waals surface area contributed by atoms with Gasteiger partial charge in [0.25, 0.3) is 0 Å². The molecule has 1 atom stereocenters. The third-order valence-corrected chi connectivity index (χ3v) is 1.42. The van der Waals surface area contributed by atoms with Gasteiger partial charge in [-0.25, -0.2) is 8.78 Å². The zero-order valence-electron chi connectivity index (χ0n) is 6.20. The first-order valence-corrected chi connectivity index (χ1v) is 3.27. The van der Waals surface area contributed by atoms with Crippen LogP contribution in [0.5, 0.6) is 0 Å². The Morgan fingerprint density at radius 1 is 1.46 bits per heavy atom. The van der Waals surface area contributed by atoms with E-state index >= 15 is 0 Å². The molecule has 1 heterocycles. The van der Waals surface area contributed by atoms with E-state index in [1.54, 1.807) is 5.10 Å². The Hall–Kier alpha value is -1.14. The lowest BCUT2D eigenvalue weighted by Crippen LogP contribution is -2.09. The van der Waals surface area contributed by atoms with Gasteiger partial charge in [-0.1, -0.05) is 0 Å². The van der Waals surface area contributed by atoms with Gasteiger partial charge in [0, 0.05) is 0 Å². The molecule has 0 aliphatic rings. The van der Waals surface area contributed by atoms with Crippen LogP contribution < -0.4 is 0 Å². The Balaban J connectivity index is 3.03. The van der Waals surface area contributed by atoms with Crippen LogP contribution in [0.3, 0.4) is 0 Å². The molecule has 0 radical (unpaired) electrons. The molecule has 2 nitrogen and oxygen atoms in total. The van der Waals surface area contributed by atoms with Crippen molar-refractivity contribution in [2.75, 3.05) is 6.67 Å². The maximum atomic E-state index is 12.5. The van der Waals surface area contributed by atoms with Crippen molar-refractivity contribution in [1.82, 2.24) is 10.2 Å². The third-order valence-electron chi connectivity index (χ3n) is 1.42. The molecule has 0 aromatic carbocycles. The summed E-state index contributed by atoms with van der Waals surface area (Å²) in [6.45, 7) is -1.51. The first kappa shape index (κ1) is 9.94. The molecule has 0 saturated heterocycles. The van der Waals surface area contributed by atoms with Gasteiger partial charge in [0.15, 0.2) is 6.17 Å². The minimum Gasteiger partial charge on any atom is -0.279 e. The fourth-order valence-corrected chi connectivity index (χ4v) is 0.838. The molecule has 0 fully saturated rings. The molecule has 0 aliphatic heterocycles. The highest BCUT2D eigenvalue weighted by atomic mass is 19.4. The summed E-state index contributed by atoms with van der Waals surface area (Å²) < 4.78 is 60.4. The van der Waals surface area contributed by atoms with Crippen molar-refractivity contribution < 1.29 is 22.0 Å². The standard InChI is InChI=1S/C6H5F5N2/c7-1-4(8)5-3(2-12-13-5)6(9,10)11/h2,4H,1H2,(H,12,13). The fourth-order valence-electron chi connectivity index (χ4n) is 0.838. The van der Waals surface area contributed by atoms with E-state index in [-0.39, 0.29) is 0 Å². The van der Waals surface area contributed by atoms with Crippen LogP contribution in [0.25, 0.3) is 0 Å². The minimum absolute atomic E-state index is 0.428. The number of hydrogen-bond acceptors (Lipinski definition) is 1. The van der Waals surface area contributed by atoms with Crippen LogP contribution in [0.1, 0.15) is 17.4 Å². The van der Waals surface area contributed by atoms with Gasteiger partial charge in [-0.05, 0) is 0 Å². The predicted molar refractivity (Wildman–Crippen MR) is 33.4 cm³/mol. The number of nitrogens with one attached hydrogen (secondary N) is 1. The number of alkyl halides is 5. The van der Waals surface area contributed by atoms with E-state index in [9.17, 15) is 22.0 Å². The normalized spacial score (nSPS) is 14.5. The summed E-state index contributed by atoms with van der Waals surface area (Å²) in [5, 5.41) is 4.78. The van der Waals surface area contributed by atoms with Crippen LogP contribution in [0, 0.1) is 0 Å². The number of nitrogens with zero attached hydrogens (tertiary/aromatic N) is 1. The van der Waals surface area contributed by atoms with Crippen molar-refractivity contribution in [3.8, 4) is 0 Å². The molecule has 0 spiro atoms. The monoisotopic (exact) mass is 200 g/mol. The number of aromatic nitrogens is 2. The second-order valence-corrected chi connectivity index (χ2v) is 2.32. The molecular weight excluding hydrogens is 195 g/mol. The van der Waals surface area contributed by atoms with Gasteiger partial charge in [-0.3, -0.25) is 5.10 Å². The van der Waals surface area contributed by atoms with E-state index in [0.717, 1.165) is 0 Å². The molecule has 0 bridgehead atoms. The number of hydrogen-bond donors (Lipinski definition) is 1. The Morgan fingerprint density at radius 3 is 2.54 bits per heavy atom. The van der Waals surface area contributed by atoms with Crippen LogP contribution in [0.2, 0.25) is 0 Å². The summed E-state index contributed by atoms with van der Waals surface area (Å²) in [4.78, 5) is 0. The molecule has 1 aromatic rings. The number of H-pyrrole nitrogens is 1. The molecule has 1 unspecified atom stereocenters. The van der Waals surface area contributed by atoms with Gasteiger partial charge in [-0.15, -0.1) is 0 Å². The van der Waals surface area contributed by atoms with Crippen molar-refractivity contribution in [1.29, 1.82) is 0 Å². The van der Waals surface area contributed by atoms with E-state index in [4.69, 9.17) is 0 Å². The first-order valence-electron chi connectivity index (χ1n) is 3.27. The second kappa shape index (κ2) is 3.31. The maximum Gasteiger partial charge on any atom is 0.419 e. The molecule has 0 saturated carbocycles. The summed E-state index contributed by atoms with van der Waals surface area (Å²) in [6.07, 6.45) is -6.58. The molecule has 0 amide bonds. The maximum absolute atomic E-state index is 12.5. The summed E-state index contributed by atoms with van der Waals surface area (Å²) in [5.74, 6) is 0. The Morgan fingerprint density at radius 2 is 2.08 bits per heavy atom. The van der Waals surface area contributed by atoms with Crippen LogP contribution in [-0.2, 0) is 6.18 Å². The lowest BCUT2D eigenvalue weighted by molar-refractivity contribution is -0.138. The van der Waals surface area contributed by atoms with Crippen molar-refractivity contribution in [2.24, 2.45) is 0 Å². The number of halogens is 5. The molecule has 13 heavy (non-hydrogen) atoms. The van der Waals surface area contributed by atoms with Crippen LogP contribution in [-0.4, -0.2) is 16.9 Å². The van der Waals surface area contributed by atoms with Gasteiger partial charge in [0.05, 0.1) is 17.5 Å². The molecule has 1 N–H and O–H groups in total. The fraction of sp³-hybridized carbons (Fsp3) is 0.500. The Labute approximate surface area is 69.8 Å². The van der Waals surface area contributed by atoms with Crippen molar-refractivity contribution >= 4 is 0 Å². The first-order chi connectivity index (χ1) is 5.96. The van der Waals surface area contributed by atoms with E-state index in [0.29, 0.717) is 6.20 Å². The molecule has 1 rings (SSSR count). The molecule has 7 heteroatoms. The molecular formula is C6H5F5N2. The molecule has 0 aliphatic carbocycles. The van der Waals surface area contributed by atoms with Crippen LogP contribution in [0.4, 0.5) is 22.0 Å². The average molecular weight is 200 g/mol. The van der Waals surface area contributed by atoms with E-state index in [1.807, 2.05) is 0 Å². The smallest absolute Gasteiger partial charge is 0.279 e. The van der Waals surface area contributed by atoms with Gasteiger partial charge in [-0.2, -0.15) is 18.3 Å². The lowest BCUT2D eigenvalue weighted by Gasteiger charge is -2.07. The van der Waals surface area contributed by atoms with Crippen LogP contribution in [0.15, 0.2) is 6.20 Å². The highest BCUT2D eigenvalue weighted by Gasteiger charge is 2.37. The number of rotatable bonds is 2. The Bertz CT molecular complexity index is 279. The number of aromatic amines is 1. The van der Waals surface area contributed by atoms with E-state index < -0.39 is 30.3 Å². The predicted octanol–water partition coefficient (Wildman–Crippen LogP) is 2.41. The van der Waals surface area contributed by atoms with Crippen LogP contribution >= 0.6 is 0 Å². The van der Waals surface area contributed by atoms with Gasteiger partial charge < -0.3 is 0 Å². The molecule has 74 valence electrons. The highest BCUT2D eigenvalue weighted by Crippen LogP contribution is 2.34. The zero-order valence-corrected chi connectivity index (χ0v) is 6.20. The third kappa shape index (κ3) is 1.96. The average Bonchev–Trinajstić information content (AvgIpc) is 2.49. The zero-order chi connectivity index (χ0) is 10.1. The van der Waals surface area contributed by atoms with Gasteiger partial charge in [0.1, 0.15) is 6.67 Å². The van der Waals surface area contributed by atoms with Gasteiger partial charge in [0.2, 0.25) is 0 Å². The van der Waals surface area contributed by atoms with Gasteiger partial charge >= 0.3 is 6.18 Å². The van der Waals surface area contributed by atoms with E-state index in [1.165, 1.54) is 0 Å². The Kier molecular flexibility index (Phi) is 2.53. The highest BCUT2D eigenvalue weighted by molar-refractivity contribution is 5.22. The topological polar surface area (TPSA) is 28.7 Å². The molecule has 1 aromatic heterocycles. The largest absolute Gasteiger partial charge is 0.419 e. The summed E-state index contributed by atoms with van der Waals surface area (Å²) in [7, 11) is 0. The summed E-state index contributed by atoms with van der Waals surface area (Å²) in [5.41, 5.74) is -2.13. The quantitative estimate of drug-likeness (QED) is 0.729. The SMILES string of the molecule is FCC(F)c1[nH]ncc1C(F)(F)F. The van der Waals surface area contributed by atoms with E-state index in [2.05, 4.69) is 5.10 Å². The van der Waals surface area contributed by atoms with Crippen molar-refractivity contribution in [2.45, 2.75) is 12.3 Å². The van der Waals surface area contributed by atoms with Crippen molar-refractivity contribution in [3.05, 3.63) is 17.5 Å². The lowest BCUT2D eigenvalue weighted by atomic mass is 10.2. The van der Waals surface area contributed by atoms with Crippen molar-refractivity contribution in [3.63, 3.8) is 0 Å². The summed E-state index contributed by atoms with van der Waals surface area (Å²) in [6, 6.07) is 0. The second-order valence-electron chi connectivity index (χ2n) is 2.32.